The number of carbonyl (C=O) groups is 2. The minimum absolute atomic E-state index is 0.0547. The maximum atomic E-state index is 13.0. The summed E-state index contributed by atoms with van der Waals surface area (Å²) in [5, 5.41) is -0.0914. The molecule has 1 aromatic rings. The van der Waals surface area contributed by atoms with Crippen LogP contribution in [0.1, 0.15) is 16.8 Å². The van der Waals surface area contributed by atoms with Gasteiger partial charge in [-0.25, -0.2) is 9.37 Å². The number of carbonyl (C=O) groups excluding carboxylic acids is 2. The van der Waals surface area contributed by atoms with E-state index < -0.39 is 17.5 Å². The molecule has 4 nitrogen and oxygen atoms in total. The molecule has 1 atom stereocenters. The Bertz CT molecular complexity index is 533. The van der Waals surface area contributed by atoms with Crippen molar-refractivity contribution in [2.24, 2.45) is 5.92 Å². The summed E-state index contributed by atoms with van der Waals surface area (Å²) in [6.07, 6.45) is 2.67. The van der Waals surface area contributed by atoms with Gasteiger partial charge in [-0.2, -0.15) is 0 Å². The van der Waals surface area contributed by atoms with Gasteiger partial charge in [0.25, 0.3) is 0 Å². The number of rotatable bonds is 3. The van der Waals surface area contributed by atoms with Crippen LogP contribution < -0.4 is 0 Å². The Balaban J connectivity index is 2.30. The molecule has 2 heterocycles. The van der Waals surface area contributed by atoms with Crippen LogP contribution in [0.3, 0.4) is 0 Å². The number of likely N-dealkylation sites (tertiary alicyclic amines) is 1. The van der Waals surface area contributed by atoms with Gasteiger partial charge in [0.1, 0.15) is 16.9 Å². The molecule has 1 saturated heterocycles. The zero-order valence-corrected chi connectivity index (χ0v) is 10.2. The van der Waals surface area contributed by atoms with E-state index in [2.05, 4.69) is 11.6 Å². The molecule has 0 aromatic carbocycles. The second kappa shape index (κ2) is 4.86. The zero-order valence-electron chi connectivity index (χ0n) is 9.40. The Morgan fingerprint density at radius 3 is 3.00 bits per heavy atom. The summed E-state index contributed by atoms with van der Waals surface area (Å²) < 4.78 is 13.0. The fourth-order valence-electron chi connectivity index (χ4n) is 1.91. The molecule has 18 heavy (non-hydrogen) atoms. The Hall–Kier alpha value is -1.75. The molecule has 1 fully saturated rings. The van der Waals surface area contributed by atoms with E-state index in [0.717, 1.165) is 12.3 Å². The zero-order chi connectivity index (χ0) is 13.3. The van der Waals surface area contributed by atoms with E-state index in [9.17, 15) is 14.0 Å². The summed E-state index contributed by atoms with van der Waals surface area (Å²) in [6, 6.07) is 1.00. The van der Waals surface area contributed by atoms with Crippen LogP contribution in [-0.4, -0.2) is 28.1 Å². The van der Waals surface area contributed by atoms with E-state index in [0.29, 0.717) is 13.0 Å². The van der Waals surface area contributed by atoms with Gasteiger partial charge in [-0.15, -0.1) is 0 Å². The van der Waals surface area contributed by atoms with Gasteiger partial charge in [0.05, 0.1) is 11.8 Å². The van der Waals surface area contributed by atoms with Gasteiger partial charge in [0.2, 0.25) is 5.91 Å². The van der Waals surface area contributed by atoms with Gasteiger partial charge >= 0.3 is 0 Å². The minimum Gasteiger partial charge on any atom is -0.319 e. The van der Waals surface area contributed by atoms with Crippen LogP contribution in [0.2, 0.25) is 5.15 Å². The lowest BCUT2D eigenvalue weighted by atomic mass is 9.97. The summed E-state index contributed by atoms with van der Waals surface area (Å²) in [5.74, 6) is -2.32. The number of hydrogen-bond acceptors (Lipinski definition) is 3. The first-order valence-corrected chi connectivity index (χ1v) is 5.70. The van der Waals surface area contributed by atoms with Crippen molar-refractivity contribution in [2.45, 2.75) is 6.42 Å². The van der Waals surface area contributed by atoms with Gasteiger partial charge in [0.15, 0.2) is 5.78 Å². The van der Waals surface area contributed by atoms with Crippen LogP contribution in [0.25, 0.3) is 0 Å². The van der Waals surface area contributed by atoms with Gasteiger partial charge < -0.3 is 4.90 Å². The highest BCUT2D eigenvalue weighted by atomic mass is 35.5. The molecule has 6 heteroatoms. The molecule has 0 spiro atoms. The highest BCUT2D eigenvalue weighted by molar-refractivity contribution is 6.33. The molecule has 0 aliphatic carbocycles. The summed E-state index contributed by atoms with van der Waals surface area (Å²) in [6.45, 7) is 3.92. The maximum Gasteiger partial charge on any atom is 0.237 e. The Morgan fingerprint density at radius 1 is 1.67 bits per heavy atom. The Kier molecular flexibility index (Phi) is 3.43. The largest absolute Gasteiger partial charge is 0.319 e. The number of Topliss-reactive ketones (excluding diaryl/α,β-unsaturated/α-hetero) is 1. The number of pyridine rings is 1. The van der Waals surface area contributed by atoms with Crippen LogP contribution in [-0.2, 0) is 4.79 Å². The van der Waals surface area contributed by atoms with E-state index in [1.165, 1.54) is 11.1 Å². The molecule has 0 bridgehead atoms. The molecule has 1 aromatic heterocycles. The molecular weight excluding hydrogens is 259 g/mol. The average Bonchev–Trinajstić information content (AvgIpc) is 2.72. The SMILES string of the molecule is C=CN1CCC(C(=O)c2cc(F)cnc2Cl)C1=O. The fraction of sp³-hybridized carbons (Fsp3) is 0.250. The topological polar surface area (TPSA) is 50.3 Å². The smallest absolute Gasteiger partial charge is 0.237 e. The predicted molar refractivity (Wildman–Crippen MR) is 63.6 cm³/mol. The third kappa shape index (κ3) is 2.13. The fourth-order valence-corrected chi connectivity index (χ4v) is 2.11. The van der Waals surface area contributed by atoms with Crippen molar-refractivity contribution in [3.63, 3.8) is 0 Å². The van der Waals surface area contributed by atoms with Crippen molar-refractivity contribution < 1.29 is 14.0 Å². The molecular formula is C12H10ClFN2O2. The molecule has 1 amide bonds. The molecule has 1 aliphatic rings. The average molecular weight is 269 g/mol. The molecule has 94 valence electrons. The molecule has 0 radical (unpaired) electrons. The van der Waals surface area contributed by atoms with Crippen molar-refractivity contribution in [3.05, 3.63) is 41.6 Å². The summed E-state index contributed by atoms with van der Waals surface area (Å²) in [5.41, 5.74) is -0.0547. The summed E-state index contributed by atoms with van der Waals surface area (Å²) in [7, 11) is 0. The van der Waals surface area contributed by atoms with Gasteiger partial charge in [-0.1, -0.05) is 18.2 Å². The van der Waals surface area contributed by atoms with Crippen LogP contribution in [0.4, 0.5) is 4.39 Å². The van der Waals surface area contributed by atoms with E-state index in [-0.39, 0.29) is 16.6 Å². The minimum atomic E-state index is -0.830. The first kappa shape index (κ1) is 12.7. The molecule has 0 saturated carbocycles. The van der Waals surface area contributed by atoms with Crippen LogP contribution in [0.5, 0.6) is 0 Å². The Morgan fingerprint density at radius 2 is 2.39 bits per heavy atom. The monoisotopic (exact) mass is 268 g/mol. The van der Waals surface area contributed by atoms with Crippen molar-refractivity contribution in [3.8, 4) is 0 Å². The number of halogens is 2. The van der Waals surface area contributed by atoms with Crippen molar-refractivity contribution in [1.82, 2.24) is 9.88 Å². The summed E-state index contributed by atoms with van der Waals surface area (Å²) >= 11 is 5.74. The number of ketones is 1. The lowest BCUT2D eigenvalue weighted by molar-refractivity contribution is -0.127. The number of nitrogens with zero attached hydrogens (tertiary/aromatic N) is 2. The van der Waals surface area contributed by atoms with Crippen molar-refractivity contribution >= 4 is 23.3 Å². The standard InChI is InChI=1S/C12H10ClFN2O2/c1-2-16-4-3-8(12(16)18)10(17)9-5-7(14)6-15-11(9)13/h2,5-6,8H,1,3-4H2. The van der Waals surface area contributed by atoms with Crippen LogP contribution in [0.15, 0.2) is 25.0 Å². The second-order valence-corrected chi connectivity index (χ2v) is 4.27. The third-order valence-corrected chi connectivity index (χ3v) is 3.15. The number of aromatic nitrogens is 1. The van der Waals surface area contributed by atoms with E-state index in [4.69, 9.17) is 11.6 Å². The van der Waals surface area contributed by atoms with E-state index in [1.54, 1.807) is 0 Å². The second-order valence-electron chi connectivity index (χ2n) is 3.91. The van der Waals surface area contributed by atoms with Crippen molar-refractivity contribution in [1.29, 1.82) is 0 Å². The van der Waals surface area contributed by atoms with E-state index >= 15 is 0 Å². The predicted octanol–water partition coefficient (Wildman–Crippen LogP) is 2.05. The molecule has 0 N–H and O–H groups in total. The number of amides is 1. The highest BCUT2D eigenvalue weighted by Gasteiger charge is 2.37. The molecule has 1 aliphatic heterocycles. The lowest BCUT2D eigenvalue weighted by Gasteiger charge is -2.10. The summed E-state index contributed by atoms with van der Waals surface area (Å²) in [4.78, 5) is 28.9. The Labute approximate surface area is 108 Å². The molecule has 1 unspecified atom stereocenters. The number of hydrogen-bond donors (Lipinski definition) is 0. The quantitative estimate of drug-likeness (QED) is 0.479. The van der Waals surface area contributed by atoms with E-state index in [1.807, 2.05) is 0 Å². The normalized spacial score (nSPS) is 19.1. The van der Waals surface area contributed by atoms with Gasteiger partial charge in [-0.05, 0) is 18.7 Å². The van der Waals surface area contributed by atoms with Crippen molar-refractivity contribution in [2.75, 3.05) is 6.54 Å². The first-order valence-electron chi connectivity index (χ1n) is 5.33. The van der Waals surface area contributed by atoms with Gasteiger partial charge in [0, 0.05) is 6.54 Å². The molecule has 2 rings (SSSR count). The van der Waals surface area contributed by atoms with Crippen LogP contribution >= 0.6 is 11.6 Å². The highest BCUT2D eigenvalue weighted by Crippen LogP contribution is 2.25. The van der Waals surface area contributed by atoms with Gasteiger partial charge in [-0.3, -0.25) is 9.59 Å². The first-order chi connectivity index (χ1) is 8.54. The van der Waals surface area contributed by atoms with Crippen LogP contribution in [0, 0.1) is 11.7 Å². The third-order valence-electron chi connectivity index (χ3n) is 2.85. The lowest BCUT2D eigenvalue weighted by Crippen LogP contribution is -2.26. The maximum absolute atomic E-state index is 13.0.